The van der Waals surface area contributed by atoms with Crippen LogP contribution < -0.4 is 5.32 Å². The quantitative estimate of drug-likeness (QED) is 0.630. The molecular formula is C28H32ClN5O. The van der Waals surface area contributed by atoms with Crippen LogP contribution in [-0.4, -0.2) is 53.1 Å². The first-order chi connectivity index (χ1) is 16.7. The van der Waals surface area contributed by atoms with Crippen molar-refractivity contribution in [3.05, 3.63) is 76.1 Å². The maximum absolute atomic E-state index is 12.3. The average molecular weight is 490 g/mol. The van der Waals surface area contributed by atoms with Gasteiger partial charge >= 0.3 is 0 Å². The molecule has 0 spiro atoms. The van der Waals surface area contributed by atoms with Gasteiger partial charge in [-0.15, -0.1) is 0 Å². The van der Waals surface area contributed by atoms with Crippen molar-refractivity contribution < 1.29 is 4.79 Å². The Kier molecular flexibility index (Phi) is 6.18. The number of nitrogens with zero attached hydrogens (tertiary/aromatic N) is 4. The number of hydrogen-bond acceptors (Lipinski definition) is 6. The van der Waals surface area contributed by atoms with E-state index in [-0.39, 0.29) is 11.2 Å². The third-order valence-electron chi connectivity index (χ3n) is 6.86. The van der Waals surface area contributed by atoms with Crippen LogP contribution in [0.4, 0.5) is 5.69 Å². The number of aryl methyl sites for hydroxylation is 1. The van der Waals surface area contributed by atoms with Gasteiger partial charge in [0.05, 0.1) is 6.54 Å². The summed E-state index contributed by atoms with van der Waals surface area (Å²) in [6.45, 7) is 10.7. The summed E-state index contributed by atoms with van der Waals surface area (Å²) in [5, 5.41) is 4.44. The highest BCUT2D eigenvalue weighted by Gasteiger charge is 2.34. The SMILES string of the molecule is Cc1cc(NC2CCN(C3=NC(c4ccc(C(C)(C)C)cc4)=NC4=CC(=O)CN43)CC2)ccc1Cl. The predicted octanol–water partition coefficient (Wildman–Crippen LogP) is 5.36. The van der Waals surface area contributed by atoms with E-state index in [1.807, 2.05) is 24.0 Å². The molecule has 3 heterocycles. The summed E-state index contributed by atoms with van der Waals surface area (Å²) in [5.74, 6) is 2.24. The molecule has 3 aliphatic rings. The predicted molar refractivity (Wildman–Crippen MR) is 143 cm³/mol. The number of amidine groups is 1. The topological polar surface area (TPSA) is 60.3 Å². The number of piperidine rings is 1. The molecule has 1 N–H and O–H groups in total. The molecule has 0 aliphatic carbocycles. The van der Waals surface area contributed by atoms with E-state index in [1.165, 1.54) is 5.56 Å². The highest BCUT2D eigenvalue weighted by atomic mass is 35.5. The zero-order chi connectivity index (χ0) is 24.7. The number of carbonyl (C=O) groups is 1. The molecule has 0 unspecified atom stereocenters. The van der Waals surface area contributed by atoms with Crippen LogP contribution in [0.1, 0.15) is 50.3 Å². The van der Waals surface area contributed by atoms with Crippen molar-refractivity contribution in [1.82, 2.24) is 9.80 Å². The molecule has 35 heavy (non-hydrogen) atoms. The van der Waals surface area contributed by atoms with Crippen LogP contribution in [-0.2, 0) is 10.2 Å². The van der Waals surface area contributed by atoms with Crippen LogP contribution >= 0.6 is 11.6 Å². The van der Waals surface area contributed by atoms with Crippen LogP contribution in [0.15, 0.2) is 64.3 Å². The van der Waals surface area contributed by atoms with E-state index >= 15 is 0 Å². The normalized spacial score (nSPS) is 18.8. The summed E-state index contributed by atoms with van der Waals surface area (Å²) in [6, 6.07) is 14.9. The van der Waals surface area contributed by atoms with Crippen molar-refractivity contribution in [3.8, 4) is 0 Å². The smallest absolute Gasteiger partial charge is 0.209 e. The lowest BCUT2D eigenvalue weighted by molar-refractivity contribution is -0.113. The van der Waals surface area contributed by atoms with Crippen molar-refractivity contribution in [3.63, 3.8) is 0 Å². The average Bonchev–Trinajstić information content (AvgIpc) is 3.21. The van der Waals surface area contributed by atoms with Gasteiger partial charge in [-0.25, -0.2) is 4.99 Å². The monoisotopic (exact) mass is 489 g/mol. The molecular weight excluding hydrogens is 458 g/mol. The van der Waals surface area contributed by atoms with Gasteiger partial charge in [0, 0.05) is 41.5 Å². The minimum Gasteiger partial charge on any atom is -0.382 e. The number of aliphatic imine (C=N–C) groups is 2. The number of nitrogens with one attached hydrogen (secondary N) is 1. The van der Waals surface area contributed by atoms with Gasteiger partial charge in [0.1, 0.15) is 5.82 Å². The fourth-order valence-corrected chi connectivity index (χ4v) is 4.86. The largest absolute Gasteiger partial charge is 0.382 e. The van der Waals surface area contributed by atoms with E-state index in [2.05, 4.69) is 61.3 Å². The molecule has 1 fully saturated rings. The Morgan fingerprint density at radius 3 is 2.40 bits per heavy atom. The fourth-order valence-electron chi connectivity index (χ4n) is 4.74. The minimum absolute atomic E-state index is 0.0652. The summed E-state index contributed by atoms with van der Waals surface area (Å²) in [4.78, 5) is 26.2. The second kappa shape index (κ2) is 9.15. The summed E-state index contributed by atoms with van der Waals surface area (Å²) >= 11 is 6.18. The lowest BCUT2D eigenvalue weighted by Crippen LogP contribution is -2.50. The van der Waals surface area contributed by atoms with Crippen molar-refractivity contribution in [1.29, 1.82) is 0 Å². The summed E-state index contributed by atoms with van der Waals surface area (Å²) < 4.78 is 0. The molecule has 2 aromatic carbocycles. The molecule has 5 rings (SSSR count). The van der Waals surface area contributed by atoms with Crippen molar-refractivity contribution in [2.75, 3.05) is 25.0 Å². The van der Waals surface area contributed by atoms with E-state index in [1.54, 1.807) is 6.08 Å². The Morgan fingerprint density at radius 1 is 1.03 bits per heavy atom. The van der Waals surface area contributed by atoms with Crippen LogP contribution in [0.25, 0.3) is 0 Å². The number of fused-ring (bicyclic) bond motifs is 1. The molecule has 0 bridgehead atoms. The van der Waals surface area contributed by atoms with Crippen LogP contribution in [0.2, 0.25) is 5.02 Å². The highest BCUT2D eigenvalue weighted by Crippen LogP contribution is 2.28. The molecule has 2 aromatic rings. The van der Waals surface area contributed by atoms with Crippen molar-refractivity contribution >= 4 is 34.9 Å². The highest BCUT2D eigenvalue weighted by molar-refractivity contribution is 6.31. The van der Waals surface area contributed by atoms with Crippen molar-refractivity contribution in [2.45, 2.75) is 52.0 Å². The van der Waals surface area contributed by atoms with Gasteiger partial charge in [-0.3, -0.25) is 9.69 Å². The molecule has 182 valence electrons. The first-order valence-corrected chi connectivity index (χ1v) is 12.6. The summed E-state index contributed by atoms with van der Waals surface area (Å²) in [5.41, 5.74) is 4.49. The number of carbonyl (C=O) groups excluding carboxylic acids is 1. The molecule has 0 aromatic heterocycles. The van der Waals surface area contributed by atoms with Crippen molar-refractivity contribution in [2.24, 2.45) is 9.98 Å². The first kappa shape index (κ1) is 23.6. The molecule has 0 atom stereocenters. The second-order valence-electron chi connectivity index (χ2n) is 10.6. The zero-order valence-electron chi connectivity index (χ0n) is 20.8. The number of benzene rings is 2. The van der Waals surface area contributed by atoms with Crippen LogP contribution in [0.3, 0.4) is 0 Å². The lowest BCUT2D eigenvalue weighted by atomic mass is 9.86. The van der Waals surface area contributed by atoms with Gasteiger partial charge < -0.3 is 10.2 Å². The van der Waals surface area contributed by atoms with Gasteiger partial charge in [-0.1, -0.05) is 56.6 Å². The zero-order valence-corrected chi connectivity index (χ0v) is 21.6. The third-order valence-corrected chi connectivity index (χ3v) is 7.29. The molecule has 0 saturated carbocycles. The van der Waals surface area contributed by atoms with Gasteiger partial charge in [0.15, 0.2) is 11.6 Å². The third kappa shape index (κ3) is 4.98. The molecule has 6 nitrogen and oxygen atoms in total. The first-order valence-electron chi connectivity index (χ1n) is 12.3. The number of hydrogen-bond donors (Lipinski definition) is 1. The summed E-state index contributed by atoms with van der Waals surface area (Å²) in [7, 11) is 0. The van der Waals surface area contributed by atoms with E-state index < -0.39 is 0 Å². The Bertz CT molecular complexity index is 1230. The Hall–Kier alpha value is -3.12. The number of rotatable bonds is 3. The van der Waals surface area contributed by atoms with Crippen LogP contribution in [0, 0.1) is 6.92 Å². The molecule has 0 radical (unpaired) electrons. The maximum Gasteiger partial charge on any atom is 0.209 e. The maximum atomic E-state index is 12.3. The number of halogens is 1. The Balaban J connectivity index is 1.33. The van der Waals surface area contributed by atoms with Gasteiger partial charge in [-0.2, -0.15) is 4.99 Å². The number of ketones is 1. The molecule has 3 aliphatic heterocycles. The van der Waals surface area contributed by atoms with Crippen LogP contribution in [0.5, 0.6) is 0 Å². The van der Waals surface area contributed by atoms with Gasteiger partial charge in [0.25, 0.3) is 0 Å². The molecule has 0 amide bonds. The van der Waals surface area contributed by atoms with E-state index in [4.69, 9.17) is 21.6 Å². The number of anilines is 1. The van der Waals surface area contributed by atoms with E-state index in [0.717, 1.165) is 53.7 Å². The fraction of sp³-hybridized carbons (Fsp3) is 0.393. The summed E-state index contributed by atoms with van der Waals surface area (Å²) in [6.07, 6.45) is 3.60. The minimum atomic E-state index is 0.0652. The molecule has 1 saturated heterocycles. The number of guanidine groups is 1. The number of likely N-dealkylation sites (tertiary alicyclic amines) is 1. The standard InChI is InChI=1S/C28H32ClN5O/c1-18-15-22(9-10-24(18)29)30-21-11-13-33(14-12-21)27-32-26(31-25-16-23(35)17-34(25)27)19-5-7-20(8-6-19)28(2,3)4/h5-10,15-16,21,30H,11-14,17H2,1-4H3. The second-order valence-corrected chi connectivity index (χ2v) is 11.0. The molecule has 7 heteroatoms. The Labute approximate surface area is 212 Å². The Morgan fingerprint density at radius 2 is 1.74 bits per heavy atom. The van der Waals surface area contributed by atoms with E-state index in [9.17, 15) is 4.79 Å². The van der Waals surface area contributed by atoms with Gasteiger partial charge in [-0.05, 0) is 54.5 Å². The lowest BCUT2D eigenvalue weighted by Gasteiger charge is -2.39. The van der Waals surface area contributed by atoms with E-state index in [0.29, 0.717) is 24.2 Å². The van der Waals surface area contributed by atoms with Gasteiger partial charge in [0.2, 0.25) is 5.96 Å².